The summed E-state index contributed by atoms with van der Waals surface area (Å²) in [5.41, 5.74) is 1.39. The van der Waals surface area contributed by atoms with Crippen molar-refractivity contribution in [2.45, 2.75) is 11.3 Å². The summed E-state index contributed by atoms with van der Waals surface area (Å²) in [6.45, 7) is 0.205. The number of benzene rings is 3. The van der Waals surface area contributed by atoms with E-state index in [0.29, 0.717) is 10.6 Å². The van der Waals surface area contributed by atoms with Crippen molar-refractivity contribution in [2.75, 3.05) is 16.8 Å². The van der Waals surface area contributed by atoms with Crippen molar-refractivity contribution in [2.24, 2.45) is 10.3 Å². The van der Waals surface area contributed by atoms with E-state index in [0.717, 1.165) is 5.69 Å². The van der Waals surface area contributed by atoms with Crippen LogP contribution in [0.5, 0.6) is 5.75 Å². The number of carbonyl (C=O) groups is 2. The Kier molecular flexibility index (Phi) is 5.59. The molecule has 1 saturated heterocycles. The van der Waals surface area contributed by atoms with Gasteiger partial charge in [-0.05, 0) is 42.5 Å². The molecule has 0 unspecified atom stereocenters. The summed E-state index contributed by atoms with van der Waals surface area (Å²) in [5.74, 6) is -1.14. The van der Waals surface area contributed by atoms with Gasteiger partial charge in [-0.2, -0.15) is 8.42 Å². The lowest BCUT2D eigenvalue weighted by atomic mass is 10.1. The van der Waals surface area contributed by atoms with Crippen LogP contribution in [0.3, 0.4) is 0 Å². The van der Waals surface area contributed by atoms with Gasteiger partial charge in [-0.15, -0.1) is 4.40 Å². The molecule has 0 spiro atoms. The van der Waals surface area contributed by atoms with Gasteiger partial charge in [-0.1, -0.05) is 41.9 Å². The highest BCUT2D eigenvalue weighted by molar-refractivity contribution is 7.90. The van der Waals surface area contributed by atoms with E-state index in [2.05, 4.69) is 9.71 Å². The second-order valence-electron chi connectivity index (χ2n) is 7.84. The Morgan fingerprint density at radius 3 is 2.59 bits per heavy atom. The van der Waals surface area contributed by atoms with Crippen LogP contribution in [0.1, 0.15) is 12.0 Å². The highest BCUT2D eigenvalue weighted by Gasteiger charge is 2.37. The Morgan fingerprint density at radius 1 is 1.06 bits per heavy atom. The van der Waals surface area contributed by atoms with Crippen molar-refractivity contribution in [3.05, 3.63) is 83.4 Å². The number of para-hydroxylation sites is 1. The largest absolute Gasteiger partial charge is 0.424 e. The number of amidine groups is 1. The molecule has 172 valence electrons. The molecule has 0 bridgehead atoms. The van der Waals surface area contributed by atoms with Crippen LogP contribution in [0.4, 0.5) is 11.4 Å². The minimum Gasteiger partial charge on any atom is -0.424 e. The molecule has 8 nitrogen and oxygen atoms in total. The van der Waals surface area contributed by atoms with Crippen LogP contribution < -0.4 is 15.0 Å². The number of amides is 1. The van der Waals surface area contributed by atoms with E-state index in [1.807, 2.05) is 18.2 Å². The maximum atomic E-state index is 12.9. The Balaban J connectivity index is 1.37. The molecular formula is C24H18ClN3O5S. The molecule has 1 amide bonds. The van der Waals surface area contributed by atoms with E-state index in [4.69, 9.17) is 16.3 Å². The molecule has 1 fully saturated rings. The van der Waals surface area contributed by atoms with Gasteiger partial charge >= 0.3 is 5.97 Å². The quantitative estimate of drug-likeness (QED) is 0.435. The number of hydrogen-bond acceptors (Lipinski definition) is 6. The predicted octanol–water partition coefficient (Wildman–Crippen LogP) is 3.86. The zero-order chi connectivity index (χ0) is 23.9. The van der Waals surface area contributed by atoms with Crippen LogP contribution in [-0.4, -0.2) is 32.7 Å². The summed E-state index contributed by atoms with van der Waals surface area (Å²) < 4.78 is 34.2. The van der Waals surface area contributed by atoms with Crippen LogP contribution >= 0.6 is 11.6 Å². The van der Waals surface area contributed by atoms with Gasteiger partial charge in [0.15, 0.2) is 11.6 Å². The van der Waals surface area contributed by atoms with Gasteiger partial charge in [0.1, 0.15) is 4.90 Å². The first kappa shape index (κ1) is 22.1. The highest BCUT2D eigenvalue weighted by atomic mass is 35.5. The number of fused-ring (bicyclic) bond motifs is 1. The molecule has 3 aromatic rings. The molecule has 0 radical (unpaired) electrons. The lowest BCUT2D eigenvalue weighted by Gasteiger charge is -2.17. The number of anilines is 2. The predicted molar refractivity (Wildman–Crippen MR) is 128 cm³/mol. The van der Waals surface area contributed by atoms with Gasteiger partial charge in [0.25, 0.3) is 10.0 Å². The summed E-state index contributed by atoms with van der Waals surface area (Å²) in [5, 5.41) is 3.28. The average molecular weight is 496 g/mol. The third-order valence-electron chi connectivity index (χ3n) is 5.56. The first-order chi connectivity index (χ1) is 16.3. The number of esters is 1. The van der Waals surface area contributed by atoms with E-state index in [9.17, 15) is 18.0 Å². The molecule has 2 aliphatic rings. The third-order valence-corrected chi connectivity index (χ3v) is 7.13. The summed E-state index contributed by atoms with van der Waals surface area (Å²) in [6, 6.07) is 20.1. The fraction of sp³-hybridized carbons (Fsp3) is 0.125. The molecule has 2 aliphatic heterocycles. The molecule has 1 atom stereocenters. The van der Waals surface area contributed by atoms with Crippen molar-refractivity contribution >= 4 is 50.7 Å². The summed E-state index contributed by atoms with van der Waals surface area (Å²) in [7, 11) is -3.83. The van der Waals surface area contributed by atoms with Gasteiger partial charge in [0, 0.05) is 29.2 Å². The normalized spacial score (nSPS) is 18.4. The van der Waals surface area contributed by atoms with Crippen LogP contribution in [-0.2, 0) is 19.6 Å². The number of ether oxygens (including phenoxy) is 1. The SMILES string of the molecule is O=C(Oc1ccc(Cl)cc1NC1=NS(=O)(=O)c2ccccc21)[C@H]1CC(=O)N(c2ccccc2)C1. The fourth-order valence-corrected chi connectivity index (χ4v) is 5.27. The molecule has 0 saturated carbocycles. The maximum absolute atomic E-state index is 12.9. The number of hydrogen-bond donors (Lipinski definition) is 1. The van der Waals surface area contributed by atoms with Crippen molar-refractivity contribution < 1.29 is 22.7 Å². The zero-order valence-electron chi connectivity index (χ0n) is 17.6. The van der Waals surface area contributed by atoms with Crippen molar-refractivity contribution in [1.29, 1.82) is 0 Å². The summed E-state index contributed by atoms with van der Waals surface area (Å²) in [4.78, 5) is 27.0. The van der Waals surface area contributed by atoms with Crippen molar-refractivity contribution in [1.82, 2.24) is 0 Å². The molecule has 1 N–H and O–H groups in total. The first-order valence-electron chi connectivity index (χ1n) is 10.4. The van der Waals surface area contributed by atoms with Gasteiger partial charge in [-0.3, -0.25) is 9.59 Å². The van der Waals surface area contributed by atoms with Crippen LogP contribution in [0.25, 0.3) is 0 Å². The smallest absolute Gasteiger partial charge is 0.316 e. The molecular weight excluding hydrogens is 478 g/mol. The molecule has 3 aromatic carbocycles. The highest BCUT2D eigenvalue weighted by Crippen LogP contribution is 2.33. The number of halogens is 1. The van der Waals surface area contributed by atoms with Crippen LogP contribution in [0.2, 0.25) is 5.02 Å². The Morgan fingerprint density at radius 2 is 1.79 bits per heavy atom. The summed E-state index contributed by atoms with van der Waals surface area (Å²) >= 11 is 6.14. The van der Waals surface area contributed by atoms with Gasteiger partial charge in [0.2, 0.25) is 5.91 Å². The maximum Gasteiger partial charge on any atom is 0.316 e. The lowest BCUT2D eigenvalue weighted by molar-refractivity contribution is -0.139. The first-order valence-corrected chi connectivity index (χ1v) is 12.2. The molecule has 34 heavy (non-hydrogen) atoms. The van der Waals surface area contributed by atoms with Gasteiger partial charge in [-0.25, -0.2) is 0 Å². The van der Waals surface area contributed by atoms with E-state index in [1.165, 1.54) is 18.2 Å². The zero-order valence-corrected chi connectivity index (χ0v) is 19.2. The van der Waals surface area contributed by atoms with E-state index >= 15 is 0 Å². The number of carbonyl (C=O) groups excluding carboxylic acids is 2. The number of sulfonamides is 1. The Labute approximate surface area is 200 Å². The van der Waals surface area contributed by atoms with E-state index in [-0.39, 0.29) is 41.0 Å². The minimum absolute atomic E-state index is 0.0302. The van der Waals surface area contributed by atoms with Crippen molar-refractivity contribution in [3.63, 3.8) is 0 Å². The second-order valence-corrected chi connectivity index (χ2v) is 9.85. The fourth-order valence-electron chi connectivity index (χ4n) is 3.93. The number of nitrogens with zero attached hydrogens (tertiary/aromatic N) is 2. The second kappa shape index (κ2) is 8.58. The van der Waals surface area contributed by atoms with Gasteiger partial charge < -0.3 is 15.0 Å². The van der Waals surface area contributed by atoms with Crippen LogP contribution in [0.15, 0.2) is 82.1 Å². The standard InChI is InChI=1S/C24H18ClN3O5S/c25-16-10-11-20(19(13-16)26-23-18-8-4-5-9-21(18)34(31,32)27-23)33-24(30)15-12-22(29)28(14-15)17-6-2-1-3-7-17/h1-11,13,15H,12,14H2,(H,26,27)/t15-/m0/s1. The molecule has 0 aliphatic carbocycles. The molecule has 10 heteroatoms. The molecule has 0 aromatic heterocycles. The Bertz CT molecular complexity index is 1440. The van der Waals surface area contributed by atoms with Crippen molar-refractivity contribution in [3.8, 4) is 5.75 Å². The topological polar surface area (TPSA) is 105 Å². The van der Waals surface area contributed by atoms with E-state index < -0.39 is 21.9 Å². The molecule has 2 heterocycles. The monoisotopic (exact) mass is 495 g/mol. The Hall–Kier alpha value is -3.69. The van der Waals surface area contributed by atoms with E-state index in [1.54, 1.807) is 41.3 Å². The lowest BCUT2D eigenvalue weighted by Crippen LogP contribution is -2.27. The van der Waals surface area contributed by atoms with Gasteiger partial charge in [0.05, 0.1) is 11.6 Å². The third kappa shape index (κ3) is 4.15. The average Bonchev–Trinajstić information content (AvgIpc) is 3.33. The number of rotatable bonds is 4. The number of nitrogens with one attached hydrogen (secondary N) is 1. The summed E-state index contributed by atoms with van der Waals surface area (Å²) in [6.07, 6.45) is 0.0302. The minimum atomic E-state index is -3.83. The molecule has 5 rings (SSSR count). The van der Waals surface area contributed by atoms with Crippen LogP contribution in [0, 0.1) is 5.92 Å².